The maximum absolute atomic E-state index is 14.7. The third-order valence-electron chi connectivity index (χ3n) is 24.9. The number of aromatic nitrogens is 18. The highest BCUT2D eigenvalue weighted by atomic mass is 32.2. The summed E-state index contributed by atoms with van der Waals surface area (Å²) < 4.78 is 114. The Hall–Kier alpha value is -14.7. The Labute approximate surface area is 786 Å². The second-order valence-electron chi connectivity index (χ2n) is 35.5. The first kappa shape index (κ1) is 91.4. The van der Waals surface area contributed by atoms with Crippen LogP contribution in [0.5, 0.6) is 0 Å². The van der Waals surface area contributed by atoms with Crippen LogP contribution in [0.25, 0.3) is 167 Å². The number of imidazole rings is 3. The van der Waals surface area contributed by atoms with Crippen LogP contribution in [0.1, 0.15) is 91.2 Å². The standard InChI is InChI=1S/C35H30FN7O2S.C34H32FN7O3S.C34H34FN7O2S/c1-46(44,45)10-9-23-11-26(14-28(36)13-23)30-20-39-21-32-33(30)41-35(40-32)34-29-15-25(7-8-31(29)42-43-34)27-12-24(18-38-19-27)17-37-16-22-5-3-2-4-6-22;1-46(44,45)10-9-20-11-23(13-25(35)12-20)28-18-37-19-30-31(28)40-33(39-30)32-27-15-22(7-8-29(27)41-42-32)24-14-26(17-36-16-24)38-34(43)21-5-3-2-4-6-21;1-45(43,44)9-8-22-10-25(13-27(35)12-22)29-19-38-20-31-32(29)40-34(39-31)33-28-14-24(6-7-30(28)41-42-33)26-11-23(17-37-18-26)16-36-15-21-4-2-3-5-21/h2-8,11-15,18-21,37H,9-10,16-17H2,1H3,(H,40,41)(H,42,43);7-8,11-19,21H,2-6,9-10H2,1H3,(H,38,43)(H,39,40)(H,41,42);6-7,10-14,17-21,36H,2-5,8-9,15-16H2,1H3,(H,39,40)(H,41,42). The molecule has 0 spiro atoms. The first-order valence-electron chi connectivity index (χ1n) is 45.3. The van der Waals surface area contributed by atoms with Crippen LogP contribution >= 0.6 is 0 Å². The number of hydrogen-bond acceptors (Lipinski definition) is 21. The lowest BCUT2D eigenvalue weighted by molar-refractivity contribution is -0.120. The summed E-state index contributed by atoms with van der Waals surface area (Å²) in [5.41, 5.74) is 23.5. The van der Waals surface area contributed by atoms with Crippen molar-refractivity contribution in [1.29, 1.82) is 0 Å². The molecule has 21 rings (SSSR count). The summed E-state index contributed by atoms with van der Waals surface area (Å²) >= 11 is 0. The summed E-state index contributed by atoms with van der Waals surface area (Å²) in [4.78, 5) is 63.9. The van der Waals surface area contributed by atoms with Gasteiger partial charge in [-0.3, -0.25) is 50.0 Å². The number of fused-ring (bicyclic) bond motifs is 6. The van der Waals surface area contributed by atoms with Gasteiger partial charge in [0.2, 0.25) is 5.91 Å². The van der Waals surface area contributed by atoms with Gasteiger partial charge in [-0.25, -0.2) is 53.4 Å². The van der Waals surface area contributed by atoms with Gasteiger partial charge in [0.15, 0.2) is 17.5 Å². The van der Waals surface area contributed by atoms with E-state index in [-0.39, 0.29) is 48.3 Å². The summed E-state index contributed by atoms with van der Waals surface area (Å²) in [5, 5.41) is 35.8. The fourth-order valence-corrected chi connectivity index (χ4v) is 19.8. The molecule has 0 bridgehead atoms. The highest BCUT2D eigenvalue weighted by Crippen LogP contribution is 2.40. The van der Waals surface area contributed by atoms with Crippen LogP contribution < -0.4 is 16.0 Å². The van der Waals surface area contributed by atoms with Gasteiger partial charge in [-0.05, 0) is 215 Å². The molecule has 2 fully saturated rings. The van der Waals surface area contributed by atoms with E-state index in [0.717, 1.165) is 135 Å². The van der Waals surface area contributed by atoms with Crippen LogP contribution in [0.3, 0.4) is 0 Å². The Morgan fingerprint density at radius 1 is 0.350 bits per heavy atom. The molecule has 694 valence electrons. The Bertz CT molecular complexity index is 8110. The van der Waals surface area contributed by atoms with Gasteiger partial charge in [0.25, 0.3) is 0 Å². The number of nitrogens with one attached hydrogen (secondary N) is 9. The molecule has 7 aromatic carbocycles. The Balaban J connectivity index is 0.000000132. The van der Waals surface area contributed by atoms with Gasteiger partial charge in [0, 0.05) is 143 Å². The minimum Gasteiger partial charge on any atom is -0.335 e. The molecule has 28 nitrogen and oxygen atoms in total. The second kappa shape index (κ2) is 39.7. The van der Waals surface area contributed by atoms with E-state index in [0.29, 0.717) is 130 Å². The molecule has 9 N–H and O–H groups in total. The van der Waals surface area contributed by atoms with Crippen molar-refractivity contribution in [2.45, 2.75) is 96.7 Å². The van der Waals surface area contributed by atoms with Gasteiger partial charge in [-0.15, -0.1) is 0 Å². The number of sulfone groups is 3. The van der Waals surface area contributed by atoms with Gasteiger partial charge < -0.3 is 30.9 Å². The van der Waals surface area contributed by atoms with Crippen LogP contribution in [-0.4, -0.2) is 164 Å². The zero-order chi connectivity index (χ0) is 94.5. The van der Waals surface area contributed by atoms with Crippen molar-refractivity contribution in [1.82, 2.24) is 101 Å². The third-order valence-corrected chi connectivity index (χ3v) is 27.8. The van der Waals surface area contributed by atoms with E-state index >= 15 is 0 Å². The minimum absolute atomic E-state index is 0.0459. The monoisotopic (exact) mass is 1890 g/mol. The van der Waals surface area contributed by atoms with Crippen molar-refractivity contribution in [3.05, 3.63) is 283 Å². The normalized spacial score (nSPS) is 13.4. The van der Waals surface area contributed by atoms with E-state index < -0.39 is 47.0 Å². The molecule has 12 aromatic heterocycles. The summed E-state index contributed by atoms with van der Waals surface area (Å²) in [6.07, 6.45) is 35.5. The first-order valence-corrected chi connectivity index (χ1v) is 51.5. The second-order valence-corrected chi connectivity index (χ2v) is 42.3. The number of nitrogens with zero attached hydrogens (tertiary/aromatic N) is 12. The lowest BCUT2D eigenvalue weighted by Gasteiger charge is -2.20. The fraction of sp³-hybridized carbons (Fsp3) is 0.233. The van der Waals surface area contributed by atoms with E-state index in [9.17, 15) is 43.2 Å². The van der Waals surface area contributed by atoms with Crippen molar-refractivity contribution in [3.8, 4) is 101 Å². The molecule has 2 saturated carbocycles. The number of aryl methyl sites for hydroxylation is 3. The molecular weight excluding hydrogens is 1800 g/mol. The summed E-state index contributed by atoms with van der Waals surface area (Å²) in [7, 11) is -9.58. The van der Waals surface area contributed by atoms with Gasteiger partial charge in [-0.1, -0.05) is 98.8 Å². The third kappa shape index (κ3) is 22.0. The number of H-pyrrole nitrogens is 6. The van der Waals surface area contributed by atoms with E-state index in [2.05, 4.69) is 134 Å². The van der Waals surface area contributed by atoms with E-state index in [1.807, 2.05) is 85.5 Å². The average molecular weight is 1890 g/mol. The van der Waals surface area contributed by atoms with E-state index in [1.54, 1.807) is 67.8 Å². The molecule has 2 aliphatic rings. The number of hydrogen-bond donors (Lipinski definition) is 9. The maximum atomic E-state index is 14.7. The van der Waals surface area contributed by atoms with E-state index in [4.69, 9.17) is 15.0 Å². The van der Waals surface area contributed by atoms with Crippen molar-refractivity contribution in [2.75, 3.05) is 47.9 Å². The molecule has 12 heterocycles. The molecule has 0 atom stereocenters. The van der Waals surface area contributed by atoms with Crippen LogP contribution in [-0.2, 0) is 73.2 Å². The summed E-state index contributed by atoms with van der Waals surface area (Å²) in [6.45, 7) is 3.30. The molecular formula is C103H96F3N21O7S3. The number of rotatable bonds is 28. The van der Waals surface area contributed by atoms with Gasteiger partial charge in [0.1, 0.15) is 64.0 Å². The molecule has 2 aliphatic carbocycles. The molecule has 0 aliphatic heterocycles. The number of benzene rings is 7. The van der Waals surface area contributed by atoms with Crippen LogP contribution in [0.4, 0.5) is 18.9 Å². The Morgan fingerprint density at radius 3 is 1.12 bits per heavy atom. The smallest absolute Gasteiger partial charge is 0.227 e. The number of aromatic amines is 6. The van der Waals surface area contributed by atoms with Crippen molar-refractivity contribution < 1.29 is 43.2 Å². The van der Waals surface area contributed by atoms with E-state index in [1.165, 1.54) is 86.6 Å². The molecule has 137 heavy (non-hydrogen) atoms. The lowest BCUT2D eigenvalue weighted by Crippen LogP contribution is -2.24. The largest absolute Gasteiger partial charge is 0.335 e. The summed E-state index contributed by atoms with van der Waals surface area (Å²) in [5.74, 6) is 0.917. The highest BCUT2D eigenvalue weighted by molar-refractivity contribution is 7.91. The SMILES string of the molecule is CS(=O)(=O)CCc1cc(F)cc(-c2cncc3[nH]c(-c4n[nH]c5ccc(-c6cncc(CNCC7CCCC7)c6)cc45)nc23)c1.CS(=O)(=O)CCc1cc(F)cc(-c2cncc3[nH]c(-c4n[nH]c5ccc(-c6cncc(CNCc7ccccc7)c6)cc45)nc23)c1.CS(=O)(=O)CCc1cc(F)cc(-c2cncc3[nH]c(-c4n[nH]c5ccc(-c6cncc(NC(=O)C7CCCCC7)c6)cc45)nc23)c1. The number of amides is 1. The number of carbonyl (C=O) groups excluding carboxylic acids is 1. The van der Waals surface area contributed by atoms with Crippen molar-refractivity contribution in [3.63, 3.8) is 0 Å². The number of carbonyl (C=O) groups is 1. The topological polar surface area (TPSA) is 405 Å². The first-order chi connectivity index (χ1) is 66.3. The quantitative estimate of drug-likeness (QED) is 0.0220. The summed E-state index contributed by atoms with van der Waals surface area (Å²) in [6, 6.07) is 48.3. The van der Waals surface area contributed by atoms with Crippen LogP contribution in [0.2, 0.25) is 0 Å². The number of pyridine rings is 6. The fourth-order valence-electron chi connectivity index (χ4n) is 18.0. The molecule has 19 aromatic rings. The average Bonchev–Trinajstić information content (AvgIpc) is 1.62. The minimum atomic E-state index is -3.20. The molecule has 0 unspecified atom stereocenters. The lowest BCUT2D eigenvalue weighted by atomic mass is 9.88. The number of anilines is 1. The van der Waals surface area contributed by atoms with Gasteiger partial charge >= 0.3 is 0 Å². The van der Waals surface area contributed by atoms with Crippen molar-refractivity contribution in [2.24, 2.45) is 11.8 Å². The van der Waals surface area contributed by atoms with Crippen molar-refractivity contribution >= 4 is 107 Å². The molecule has 34 heteroatoms. The zero-order valence-corrected chi connectivity index (χ0v) is 77.6. The molecule has 1 amide bonds. The maximum Gasteiger partial charge on any atom is 0.227 e. The predicted octanol–water partition coefficient (Wildman–Crippen LogP) is 19.0. The Kier molecular flexibility index (Phi) is 26.5. The highest BCUT2D eigenvalue weighted by Gasteiger charge is 2.26. The van der Waals surface area contributed by atoms with Gasteiger partial charge in [0.05, 0.1) is 97.4 Å². The Morgan fingerprint density at radius 2 is 0.715 bits per heavy atom. The number of halogens is 3. The van der Waals surface area contributed by atoms with Gasteiger partial charge in [-0.2, -0.15) is 15.3 Å². The predicted molar refractivity (Wildman–Crippen MR) is 529 cm³/mol. The molecule has 0 radical (unpaired) electrons. The van der Waals surface area contributed by atoms with Crippen LogP contribution in [0.15, 0.2) is 232 Å². The zero-order valence-electron chi connectivity index (χ0n) is 75.1. The molecule has 0 saturated heterocycles. The van der Waals surface area contributed by atoms with Crippen LogP contribution in [0, 0.1) is 29.3 Å².